The molecule has 1 aromatic carbocycles. The first-order valence-electron chi connectivity index (χ1n) is 4.81. The number of hydrogen-bond acceptors (Lipinski definition) is 3. The molecule has 0 unspecified atom stereocenters. The summed E-state index contributed by atoms with van der Waals surface area (Å²) in [5.74, 6) is -0.800. The van der Waals surface area contributed by atoms with Gasteiger partial charge in [0.25, 0.3) is 0 Å². The number of carbonyl (C=O) groups is 2. The van der Waals surface area contributed by atoms with Crippen LogP contribution < -0.4 is 4.74 Å². The molecule has 0 aliphatic carbocycles. The number of allylic oxidation sites excluding steroid dienone is 1. The molecule has 1 N–H and O–H groups in total. The summed E-state index contributed by atoms with van der Waals surface area (Å²) in [5.41, 5.74) is 0.431. The molecule has 0 aromatic heterocycles. The molecule has 0 aliphatic rings. The van der Waals surface area contributed by atoms with Crippen molar-refractivity contribution in [1.29, 1.82) is 0 Å². The number of ketones is 1. The first-order valence-corrected chi connectivity index (χ1v) is 4.81. The van der Waals surface area contributed by atoms with E-state index in [-0.39, 0.29) is 5.78 Å². The molecule has 4 nitrogen and oxygen atoms in total. The van der Waals surface area contributed by atoms with E-state index in [1.807, 2.05) is 6.92 Å². The SMILES string of the molecule is CCOc1ccc(C(=O)/C=C\C(=O)O)cc1. The second kappa shape index (κ2) is 5.70. The largest absolute Gasteiger partial charge is 0.494 e. The highest BCUT2D eigenvalue weighted by Crippen LogP contribution is 2.12. The van der Waals surface area contributed by atoms with Gasteiger partial charge in [-0.3, -0.25) is 4.79 Å². The van der Waals surface area contributed by atoms with Crippen LogP contribution in [-0.4, -0.2) is 23.5 Å². The molecule has 16 heavy (non-hydrogen) atoms. The first-order chi connectivity index (χ1) is 7.63. The summed E-state index contributed by atoms with van der Waals surface area (Å²) in [6, 6.07) is 6.54. The van der Waals surface area contributed by atoms with E-state index in [1.54, 1.807) is 24.3 Å². The van der Waals surface area contributed by atoms with E-state index in [9.17, 15) is 9.59 Å². The molecule has 0 spiro atoms. The molecule has 0 aliphatic heterocycles. The van der Waals surface area contributed by atoms with Gasteiger partial charge in [0.05, 0.1) is 6.61 Å². The van der Waals surface area contributed by atoms with Crippen molar-refractivity contribution in [3.8, 4) is 5.75 Å². The highest BCUT2D eigenvalue weighted by molar-refractivity contribution is 6.06. The van der Waals surface area contributed by atoms with E-state index in [2.05, 4.69) is 0 Å². The standard InChI is InChI=1S/C12H12O4/c1-2-16-10-5-3-9(4-6-10)11(13)7-8-12(14)15/h3-8H,2H2,1H3,(H,14,15)/b8-7-. The highest BCUT2D eigenvalue weighted by atomic mass is 16.5. The smallest absolute Gasteiger partial charge is 0.328 e. The van der Waals surface area contributed by atoms with Crippen LogP contribution in [0.1, 0.15) is 17.3 Å². The third-order valence-electron chi connectivity index (χ3n) is 1.83. The number of carboxylic acid groups (broad SMARTS) is 1. The van der Waals surface area contributed by atoms with Crippen LogP contribution >= 0.6 is 0 Å². The molecule has 0 atom stereocenters. The number of benzene rings is 1. The fraction of sp³-hybridized carbons (Fsp3) is 0.167. The van der Waals surface area contributed by atoms with Gasteiger partial charge >= 0.3 is 5.97 Å². The van der Waals surface area contributed by atoms with E-state index < -0.39 is 5.97 Å². The Morgan fingerprint density at radius 2 is 1.88 bits per heavy atom. The summed E-state index contributed by atoms with van der Waals surface area (Å²) in [7, 11) is 0. The third kappa shape index (κ3) is 3.57. The Morgan fingerprint density at radius 1 is 1.25 bits per heavy atom. The van der Waals surface area contributed by atoms with Crippen molar-refractivity contribution in [2.24, 2.45) is 0 Å². The fourth-order valence-corrected chi connectivity index (χ4v) is 1.13. The van der Waals surface area contributed by atoms with E-state index in [1.165, 1.54) is 0 Å². The predicted molar refractivity (Wildman–Crippen MR) is 58.7 cm³/mol. The minimum absolute atomic E-state index is 0.342. The summed E-state index contributed by atoms with van der Waals surface area (Å²) in [4.78, 5) is 21.6. The third-order valence-corrected chi connectivity index (χ3v) is 1.83. The summed E-state index contributed by atoms with van der Waals surface area (Å²) < 4.78 is 5.22. The lowest BCUT2D eigenvalue weighted by atomic mass is 10.1. The van der Waals surface area contributed by atoms with Crippen molar-refractivity contribution in [1.82, 2.24) is 0 Å². The first kappa shape index (κ1) is 12.0. The van der Waals surface area contributed by atoms with Gasteiger partial charge in [-0.05, 0) is 37.3 Å². The topological polar surface area (TPSA) is 63.6 Å². The van der Waals surface area contributed by atoms with Gasteiger partial charge in [-0.25, -0.2) is 4.79 Å². The number of rotatable bonds is 5. The molecule has 0 fully saturated rings. The van der Waals surface area contributed by atoms with Gasteiger partial charge < -0.3 is 9.84 Å². The minimum Gasteiger partial charge on any atom is -0.494 e. The average molecular weight is 220 g/mol. The Kier molecular flexibility index (Phi) is 4.27. The van der Waals surface area contributed by atoms with Crippen LogP contribution in [0.15, 0.2) is 36.4 Å². The highest BCUT2D eigenvalue weighted by Gasteiger charge is 2.02. The second-order valence-electron chi connectivity index (χ2n) is 2.99. The number of carbonyl (C=O) groups excluding carboxylic acids is 1. The zero-order valence-electron chi connectivity index (χ0n) is 8.84. The lowest BCUT2D eigenvalue weighted by Crippen LogP contribution is -1.97. The van der Waals surface area contributed by atoms with E-state index in [4.69, 9.17) is 9.84 Å². The monoisotopic (exact) mass is 220 g/mol. The molecule has 0 bridgehead atoms. The minimum atomic E-state index is -1.14. The Balaban J connectivity index is 2.74. The lowest BCUT2D eigenvalue weighted by Gasteiger charge is -2.02. The van der Waals surface area contributed by atoms with Gasteiger partial charge in [-0.1, -0.05) is 0 Å². The van der Waals surface area contributed by atoms with Crippen molar-refractivity contribution in [3.05, 3.63) is 42.0 Å². The van der Waals surface area contributed by atoms with Crippen LogP contribution in [0.4, 0.5) is 0 Å². The quantitative estimate of drug-likeness (QED) is 0.608. The van der Waals surface area contributed by atoms with Crippen LogP contribution in [0.25, 0.3) is 0 Å². The molecule has 0 amide bonds. The van der Waals surface area contributed by atoms with Crippen LogP contribution in [0, 0.1) is 0 Å². The number of carboxylic acids is 1. The van der Waals surface area contributed by atoms with Crippen LogP contribution in [-0.2, 0) is 4.79 Å². The van der Waals surface area contributed by atoms with Crippen molar-refractivity contribution >= 4 is 11.8 Å². The fourth-order valence-electron chi connectivity index (χ4n) is 1.13. The van der Waals surface area contributed by atoms with Crippen LogP contribution in [0.3, 0.4) is 0 Å². The van der Waals surface area contributed by atoms with Gasteiger partial charge in [0.2, 0.25) is 0 Å². The van der Waals surface area contributed by atoms with Gasteiger partial charge in [-0.15, -0.1) is 0 Å². The number of aliphatic carboxylic acids is 1. The van der Waals surface area contributed by atoms with Gasteiger partial charge in [0.1, 0.15) is 5.75 Å². The average Bonchev–Trinajstić information content (AvgIpc) is 2.27. The van der Waals surface area contributed by atoms with Gasteiger partial charge in [0.15, 0.2) is 5.78 Å². The summed E-state index contributed by atoms with van der Waals surface area (Å²) in [5, 5.41) is 8.36. The molecule has 0 saturated heterocycles. The van der Waals surface area contributed by atoms with Gasteiger partial charge in [0, 0.05) is 11.6 Å². The molecule has 0 saturated carbocycles. The second-order valence-corrected chi connectivity index (χ2v) is 2.99. The number of ether oxygens (including phenoxy) is 1. The molecule has 4 heteroatoms. The zero-order chi connectivity index (χ0) is 12.0. The number of hydrogen-bond donors (Lipinski definition) is 1. The van der Waals surface area contributed by atoms with E-state index in [0.717, 1.165) is 12.2 Å². The molecule has 1 aromatic rings. The zero-order valence-corrected chi connectivity index (χ0v) is 8.84. The van der Waals surface area contributed by atoms with Crippen LogP contribution in [0.2, 0.25) is 0 Å². The Morgan fingerprint density at radius 3 is 2.38 bits per heavy atom. The van der Waals surface area contributed by atoms with E-state index in [0.29, 0.717) is 17.9 Å². The molecule has 1 rings (SSSR count). The Labute approximate surface area is 93.2 Å². The maximum atomic E-state index is 11.4. The molecular weight excluding hydrogens is 208 g/mol. The molecule has 0 radical (unpaired) electrons. The molecule has 84 valence electrons. The predicted octanol–water partition coefficient (Wildman–Crippen LogP) is 1.91. The van der Waals surface area contributed by atoms with Crippen molar-refractivity contribution in [2.45, 2.75) is 6.92 Å². The molecule has 0 heterocycles. The Bertz CT molecular complexity index is 404. The van der Waals surface area contributed by atoms with Crippen molar-refractivity contribution in [3.63, 3.8) is 0 Å². The van der Waals surface area contributed by atoms with Crippen LogP contribution in [0.5, 0.6) is 5.75 Å². The van der Waals surface area contributed by atoms with E-state index >= 15 is 0 Å². The summed E-state index contributed by atoms with van der Waals surface area (Å²) in [6.07, 6.45) is 1.84. The Hall–Kier alpha value is -2.10. The maximum Gasteiger partial charge on any atom is 0.328 e. The maximum absolute atomic E-state index is 11.4. The summed E-state index contributed by atoms with van der Waals surface area (Å²) in [6.45, 7) is 2.43. The van der Waals surface area contributed by atoms with Gasteiger partial charge in [-0.2, -0.15) is 0 Å². The summed E-state index contributed by atoms with van der Waals surface area (Å²) >= 11 is 0. The normalized spacial score (nSPS) is 10.3. The van der Waals surface area contributed by atoms with Crippen molar-refractivity contribution < 1.29 is 19.4 Å². The van der Waals surface area contributed by atoms with Crippen molar-refractivity contribution in [2.75, 3.05) is 6.61 Å². The lowest BCUT2D eigenvalue weighted by molar-refractivity contribution is -0.131. The molecular formula is C12H12O4.